The van der Waals surface area contributed by atoms with E-state index in [-0.39, 0.29) is 11.6 Å². The van der Waals surface area contributed by atoms with E-state index in [9.17, 15) is 9.18 Å². The van der Waals surface area contributed by atoms with Crippen molar-refractivity contribution in [2.75, 3.05) is 4.90 Å². The molecule has 160 valence electrons. The van der Waals surface area contributed by atoms with Crippen molar-refractivity contribution in [1.82, 2.24) is 10.6 Å². The maximum absolute atomic E-state index is 13.2. The number of carbonyl (C=O) groups is 1. The van der Waals surface area contributed by atoms with Gasteiger partial charge in [0.05, 0.1) is 16.4 Å². The van der Waals surface area contributed by atoms with Crippen LogP contribution in [0, 0.1) is 5.82 Å². The minimum atomic E-state index is -0.439. The molecule has 1 atom stereocenters. The molecule has 1 aliphatic rings. The molecule has 1 unspecified atom stereocenters. The van der Waals surface area contributed by atoms with Crippen LogP contribution in [0.1, 0.15) is 11.1 Å². The molecule has 3 aromatic carbocycles. The van der Waals surface area contributed by atoms with Gasteiger partial charge in [0.2, 0.25) is 0 Å². The molecule has 3 aromatic rings. The van der Waals surface area contributed by atoms with Gasteiger partial charge in [0.25, 0.3) is 0 Å². The van der Waals surface area contributed by atoms with Crippen molar-refractivity contribution in [3.8, 4) is 0 Å². The van der Waals surface area contributed by atoms with E-state index in [1.807, 2.05) is 41.3 Å². The van der Waals surface area contributed by atoms with Crippen molar-refractivity contribution in [2.45, 2.75) is 23.5 Å². The molecule has 0 spiro atoms. The number of nitrogens with one attached hydrogen (secondary N) is 2. The first-order valence-electron chi connectivity index (χ1n) is 9.48. The van der Waals surface area contributed by atoms with Crippen molar-refractivity contribution in [2.24, 2.45) is 5.73 Å². The highest BCUT2D eigenvalue weighted by Gasteiger charge is 2.34. The van der Waals surface area contributed by atoms with E-state index in [0.717, 1.165) is 21.8 Å². The summed E-state index contributed by atoms with van der Waals surface area (Å²) >= 11 is 14.1. The van der Waals surface area contributed by atoms with Crippen LogP contribution >= 0.6 is 35.0 Å². The highest BCUT2D eigenvalue weighted by Crippen LogP contribution is 2.49. The Morgan fingerprint density at radius 1 is 1.06 bits per heavy atom. The first kappa shape index (κ1) is 21.8. The van der Waals surface area contributed by atoms with Crippen LogP contribution in [0.5, 0.6) is 0 Å². The second-order valence-electron chi connectivity index (χ2n) is 6.82. The predicted molar refractivity (Wildman–Crippen MR) is 124 cm³/mol. The number of amides is 2. The normalized spacial score (nSPS) is 15.0. The number of anilines is 2. The van der Waals surface area contributed by atoms with Crippen molar-refractivity contribution in [3.05, 3.63) is 87.7 Å². The average Bonchev–Trinajstić information content (AvgIpc) is 3.10. The smallest absolute Gasteiger partial charge is 0.317 e. The molecule has 1 aliphatic heterocycles. The fourth-order valence-electron chi connectivity index (χ4n) is 3.39. The Morgan fingerprint density at radius 2 is 1.87 bits per heavy atom. The van der Waals surface area contributed by atoms with Crippen molar-refractivity contribution < 1.29 is 9.18 Å². The number of rotatable bonds is 5. The fraction of sp³-hybridized carbons (Fsp3) is 0.136. The molecule has 0 bridgehead atoms. The summed E-state index contributed by atoms with van der Waals surface area (Å²) < 4.78 is 13.2. The van der Waals surface area contributed by atoms with E-state index in [1.54, 1.807) is 12.1 Å². The summed E-state index contributed by atoms with van der Waals surface area (Å²) in [5, 5.41) is 6.55. The molecule has 0 aliphatic carbocycles. The Kier molecular flexibility index (Phi) is 6.57. The number of urea groups is 1. The van der Waals surface area contributed by atoms with E-state index >= 15 is 0 Å². The topological polar surface area (TPSA) is 70.4 Å². The number of benzene rings is 3. The summed E-state index contributed by atoms with van der Waals surface area (Å²) in [5.74, 6) is -0.426. The van der Waals surface area contributed by atoms with Crippen LogP contribution in [0.2, 0.25) is 10.0 Å². The average molecular weight is 477 g/mol. The number of nitrogens with zero attached hydrogens (tertiary/aromatic N) is 1. The van der Waals surface area contributed by atoms with Gasteiger partial charge in [-0.3, -0.25) is 0 Å². The van der Waals surface area contributed by atoms with E-state index in [0.29, 0.717) is 17.1 Å². The fourth-order valence-corrected chi connectivity index (χ4v) is 5.08. The van der Waals surface area contributed by atoms with Gasteiger partial charge < -0.3 is 21.3 Å². The summed E-state index contributed by atoms with van der Waals surface area (Å²) in [4.78, 5) is 15.7. The highest BCUT2D eigenvalue weighted by molar-refractivity contribution is 8.00. The van der Waals surface area contributed by atoms with E-state index in [2.05, 4.69) is 10.6 Å². The largest absolute Gasteiger partial charge is 0.334 e. The van der Waals surface area contributed by atoms with E-state index < -0.39 is 17.3 Å². The van der Waals surface area contributed by atoms with Gasteiger partial charge in [-0.15, -0.1) is 0 Å². The molecule has 0 fully saturated rings. The zero-order valence-corrected chi connectivity index (χ0v) is 18.6. The van der Waals surface area contributed by atoms with Crippen LogP contribution in [0.4, 0.5) is 20.6 Å². The molecule has 4 N–H and O–H groups in total. The number of nitrogens with two attached hydrogens (primary N) is 1. The third-order valence-corrected chi connectivity index (χ3v) is 6.65. The molecule has 0 saturated carbocycles. The molecule has 0 radical (unpaired) electrons. The SMILES string of the molecule is NCc1cccc(Cl)c1N1c2ccccc2SC1NC(=O)NCc1ccc(F)cc1Cl. The monoisotopic (exact) mass is 476 g/mol. The Hall–Kier alpha value is -2.45. The van der Waals surface area contributed by atoms with Gasteiger partial charge in [0.1, 0.15) is 5.82 Å². The molecule has 4 rings (SSSR count). The molecule has 5 nitrogen and oxygen atoms in total. The Bertz CT molecular complexity index is 1130. The zero-order valence-electron chi connectivity index (χ0n) is 16.2. The van der Waals surface area contributed by atoms with Gasteiger partial charge in [0, 0.05) is 23.0 Å². The predicted octanol–water partition coefficient (Wildman–Crippen LogP) is 5.62. The Balaban J connectivity index is 1.56. The standard InChI is InChI=1S/C22H19Cl2FN4OS/c23-16-5-3-4-13(11-26)20(16)29-18-6-1-2-7-19(18)31-22(29)28-21(30)27-12-14-8-9-15(25)10-17(14)24/h1-10,22H,11-12,26H2,(H2,27,28,30). The second-order valence-corrected chi connectivity index (χ2v) is 8.76. The maximum Gasteiger partial charge on any atom is 0.317 e. The van der Waals surface area contributed by atoms with Crippen LogP contribution in [0.25, 0.3) is 0 Å². The van der Waals surface area contributed by atoms with Crippen LogP contribution in [0.15, 0.2) is 65.6 Å². The van der Waals surface area contributed by atoms with Crippen LogP contribution in [-0.2, 0) is 13.1 Å². The number of hydrogen-bond acceptors (Lipinski definition) is 4. The first-order valence-corrected chi connectivity index (χ1v) is 11.1. The summed E-state index contributed by atoms with van der Waals surface area (Å²) in [6.45, 7) is 0.469. The minimum absolute atomic E-state index is 0.162. The second kappa shape index (κ2) is 9.36. The van der Waals surface area contributed by atoms with E-state index in [4.69, 9.17) is 28.9 Å². The van der Waals surface area contributed by atoms with Crippen molar-refractivity contribution in [3.63, 3.8) is 0 Å². The summed E-state index contributed by atoms with van der Waals surface area (Å²) in [5.41, 5.74) is 8.70. The van der Waals surface area contributed by atoms with E-state index in [1.165, 1.54) is 23.9 Å². The van der Waals surface area contributed by atoms with Gasteiger partial charge in [0.15, 0.2) is 5.50 Å². The lowest BCUT2D eigenvalue weighted by molar-refractivity contribution is 0.240. The summed E-state index contributed by atoms with van der Waals surface area (Å²) in [6.07, 6.45) is 0. The number of halogens is 3. The van der Waals surface area contributed by atoms with Gasteiger partial charge in [-0.1, -0.05) is 65.3 Å². The molecule has 0 aromatic heterocycles. The Labute approximate surface area is 193 Å². The maximum atomic E-state index is 13.2. The lowest BCUT2D eigenvalue weighted by Crippen LogP contribution is -2.46. The molecular weight excluding hydrogens is 458 g/mol. The van der Waals surface area contributed by atoms with Gasteiger partial charge in [-0.25, -0.2) is 9.18 Å². The number of thioether (sulfide) groups is 1. The zero-order chi connectivity index (χ0) is 22.0. The third-order valence-electron chi connectivity index (χ3n) is 4.84. The first-order chi connectivity index (χ1) is 15.0. The molecular formula is C22H19Cl2FN4OS. The quantitative estimate of drug-likeness (QED) is 0.446. The van der Waals surface area contributed by atoms with Crippen LogP contribution in [-0.4, -0.2) is 11.5 Å². The van der Waals surface area contributed by atoms with Crippen molar-refractivity contribution in [1.29, 1.82) is 0 Å². The number of para-hydroxylation sites is 2. The Morgan fingerprint density at radius 3 is 2.65 bits per heavy atom. The molecule has 0 saturated heterocycles. The van der Waals surface area contributed by atoms with Gasteiger partial charge >= 0.3 is 6.03 Å². The summed E-state index contributed by atoms with van der Waals surface area (Å²) in [6, 6.07) is 17.1. The van der Waals surface area contributed by atoms with Crippen molar-refractivity contribution >= 4 is 52.4 Å². The van der Waals surface area contributed by atoms with Crippen LogP contribution in [0.3, 0.4) is 0 Å². The lowest BCUT2D eigenvalue weighted by Gasteiger charge is -2.30. The number of fused-ring (bicyclic) bond motifs is 1. The minimum Gasteiger partial charge on any atom is -0.334 e. The van der Waals surface area contributed by atoms with Crippen LogP contribution < -0.4 is 21.3 Å². The lowest BCUT2D eigenvalue weighted by atomic mass is 10.1. The number of carbonyl (C=O) groups excluding carboxylic acids is 1. The van der Waals surface area contributed by atoms with Gasteiger partial charge in [-0.05, 0) is 41.5 Å². The molecule has 9 heteroatoms. The highest BCUT2D eigenvalue weighted by atomic mass is 35.5. The molecule has 2 amide bonds. The molecule has 31 heavy (non-hydrogen) atoms. The summed E-state index contributed by atoms with van der Waals surface area (Å²) in [7, 11) is 0. The molecule has 1 heterocycles. The number of hydrogen-bond donors (Lipinski definition) is 3. The van der Waals surface area contributed by atoms with Gasteiger partial charge in [-0.2, -0.15) is 0 Å². The third kappa shape index (κ3) is 4.60.